The summed E-state index contributed by atoms with van der Waals surface area (Å²) in [7, 11) is 0. The molecular formula is C24H27N3OS. The monoisotopic (exact) mass is 405 g/mol. The van der Waals surface area contributed by atoms with Crippen LogP contribution < -0.4 is 9.80 Å². The molecule has 5 heteroatoms. The predicted octanol–water partition coefficient (Wildman–Crippen LogP) is 4.39. The van der Waals surface area contributed by atoms with Gasteiger partial charge in [0.05, 0.1) is 0 Å². The largest absolute Gasteiger partial charge is 0.368 e. The molecule has 0 N–H and O–H groups in total. The summed E-state index contributed by atoms with van der Waals surface area (Å²) in [5, 5.41) is 3.57. The lowest BCUT2D eigenvalue weighted by Crippen LogP contribution is -2.47. The molecule has 0 bridgehead atoms. The zero-order valence-corrected chi connectivity index (χ0v) is 17.5. The molecule has 0 spiro atoms. The number of para-hydroxylation sites is 1. The fraction of sp³-hybridized carbons (Fsp3) is 0.375. The molecule has 29 heavy (non-hydrogen) atoms. The second-order valence-corrected chi connectivity index (χ2v) is 8.91. The molecule has 5 rings (SSSR count). The number of anilines is 2. The Balaban J connectivity index is 1.15. The van der Waals surface area contributed by atoms with Gasteiger partial charge in [0.25, 0.3) is 0 Å². The Kier molecular flexibility index (Phi) is 5.25. The topological polar surface area (TPSA) is 26.8 Å². The van der Waals surface area contributed by atoms with Gasteiger partial charge in [-0.15, -0.1) is 11.3 Å². The van der Waals surface area contributed by atoms with Gasteiger partial charge >= 0.3 is 0 Å². The molecule has 1 amide bonds. The smallest absolute Gasteiger partial charge is 0.227 e. The van der Waals surface area contributed by atoms with Crippen LogP contribution in [0.3, 0.4) is 0 Å². The van der Waals surface area contributed by atoms with Crippen LogP contribution in [-0.4, -0.2) is 50.1 Å². The van der Waals surface area contributed by atoms with E-state index < -0.39 is 0 Å². The van der Waals surface area contributed by atoms with Gasteiger partial charge in [0.1, 0.15) is 0 Å². The van der Waals surface area contributed by atoms with E-state index in [4.69, 9.17) is 0 Å². The van der Waals surface area contributed by atoms with E-state index in [1.54, 1.807) is 0 Å². The highest BCUT2D eigenvalue weighted by Gasteiger charge is 2.24. The first-order valence-electron chi connectivity index (χ1n) is 10.6. The van der Waals surface area contributed by atoms with Crippen molar-refractivity contribution in [1.29, 1.82) is 0 Å². The van der Waals surface area contributed by atoms with Gasteiger partial charge in [-0.1, -0.05) is 24.3 Å². The van der Waals surface area contributed by atoms with Gasteiger partial charge in [-0.2, -0.15) is 0 Å². The number of piperazine rings is 1. The number of amides is 1. The van der Waals surface area contributed by atoms with Crippen LogP contribution in [0.4, 0.5) is 11.4 Å². The number of carbonyl (C=O) groups is 1. The Morgan fingerprint density at radius 2 is 1.66 bits per heavy atom. The zero-order valence-electron chi connectivity index (χ0n) is 16.7. The van der Waals surface area contributed by atoms with Crippen LogP contribution in [0.5, 0.6) is 0 Å². The maximum Gasteiger partial charge on any atom is 0.227 e. The minimum absolute atomic E-state index is 0.275. The molecule has 1 fully saturated rings. The molecule has 2 aliphatic heterocycles. The summed E-state index contributed by atoms with van der Waals surface area (Å²) in [6.45, 7) is 6.20. The van der Waals surface area contributed by atoms with E-state index in [0.29, 0.717) is 6.42 Å². The lowest BCUT2D eigenvalue weighted by Gasteiger charge is -2.37. The number of benzene rings is 2. The van der Waals surface area contributed by atoms with Crippen molar-refractivity contribution in [3.63, 3.8) is 0 Å². The third kappa shape index (κ3) is 3.77. The molecule has 3 aromatic rings. The molecule has 1 saturated heterocycles. The normalized spacial score (nSPS) is 17.7. The number of carbonyl (C=O) groups excluding carboxylic acids is 1. The van der Waals surface area contributed by atoms with Crippen LogP contribution in [0.1, 0.15) is 18.4 Å². The maximum absolute atomic E-state index is 12.4. The average molecular weight is 406 g/mol. The van der Waals surface area contributed by atoms with Crippen LogP contribution in [0, 0.1) is 0 Å². The van der Waals surface area contributed by atoms with Crippen molar-refractivity contribution >= 4 is 38.7 Å². The lowest BCUT2D eigenvalue weighted by molar-refractivity contribution is -0.118. The summed E-state index contributed by atoms with van der Waals surface area (Å²) in [5.41, 5.74) is 3.81. The van der Waals surface area contributed by atoms with Crippen LogP contribution in [0.15, 0.2) is 53.9 Å². The Bertz CT molecular complexity index is 1010. The molecule has 0 unspecified atom stereocenters. The summed E-state index contributed by atoms with van der Waals surface area (Å²) in [4.78, 5) is 19.5. The van der Waals surface area contributed by atoms with Gasteiger partial charge in [0.15, 0.2) is 0 Å². The number of nitrogens with zero attached hydrogens (tertiary/aromatic N) is 3. The van der Waals surface area contributed by atoms with Gasteiger partial charge in [0.2, 0.25) is 5.91 Å². The average Bonchev–Trinajstić information content (AvgIpc) is 3.25. The van der Waals surface area contributed by atoms with Crippen LogP contribution >= 0.6 is 11.3 Å². The summed E-state index contributed by atoms with van der Waals surface area (Å²) in [5.74, 6) is 0.275. The highest BCUT2D eigenvalue weighted by molar-refractivity contribution is 7.17. The summed E-state index contributed by atoms with van der Waals surface area (Å²) in [6, 6.07) is 17.2. The fourth-order valence-electron chi connectivity index (χ4n) is 4.66. The second-order valence-electron chi connectivity index (χ2n) is 7.97. The number of thiophene rings is 1. The highest BCUT2D eigenvalue weighted by Crippen LogP contribution is 2.31. The van der Waals surface area contributed by atoms with Crippen LogP contribution in [0.25, 0.3) is 10.1 Å². The molecule has 0 radical (unpaired) electrons. The Morgan fingerprint density at radius 3 is 2.55 bits per heavy atom. The maximum atomic E-state index is 12.4. The number of hydrogen-bond acceptors (Lipinski definition) is 4. The Labute approximate surface area is 176 Å². The summed E-state index contributed by atoms with van der Waals surface area (Å²) >= 11 is 1.82. The van der Waals surface area contributed by atoms with E-state index in [1.807, 2.05) is 22.3 Å². The molecule has 0 aliphatic carbocycles. The van der Waals surface area contributed by atoms with Crippen molar-refractivity contribution in [2.45, 2.75) is 19.3 Å². The molecule has 2 aliphatic rings. The van der Waals surface area contributed by atoms with E-state index in [0.717, 1.165) is 57.8 Å². The quantitative estimate of drug-likeness (QED) is 0.630. The van der Waals surface area contributed by atoms with Crippen molar-refractivity contribution in [1.82, 2.24) is 4.90 Å². The minimum atomic E-state index is 0.275. The first kappa shape index (κ1) is 18.6. The van der Waals surface area contributed by atoms with E-state index in [1.165, 1.54) is 21.3 Å². The SMILES string of the molecule is O=C1CCc2ccccc2N1CCCN1CCN(c2cccc3sccc23)CC1. The number of rotatable bonds is 5. The molecule has 0 atom stereocenters. The standard InChI is InChI=1S/C24H27N3OS/c28-24-10-9-19-5-1-2-6-21(19)27(24)13-4-12-25-14-16-26(17-15-25)22-7-3-8-23-20(22)11-18-29-23/h1-3,5-8,11,18H,4,9-10,12-17H2. The summed E-state index contributed by atoms with van der Waals surface area (Å²) < 4.78 is 1.37. The third-order valence-corrected chi connectivity index (χ3v) is 7.12. The number of fused-ring (bicyclic) bond motifs is 2. The third-order valence-electron chi connectivity index (χ3n) is 6.23. The zero-order chi connectivity index (χ0) is 19.6. The molecule has 3 heterocycles. The van der Waals surface area contributed by atoms with Crippen LogP contribution in [-0.2, 0) is 11.2 Å². The minimum Gasteiger partial charge on any atom is -0.368 e. The summed E-state index contributed by atoms with van der Waals surface area (Å²) in [6.07, 6.45) is 2.55. The fourth-order valence-corrected chi connectivity index (χ4v) is 5.47. The van der Waals surface area contributed by atoms with E-state index >= 15 is 0 Å². The predicted molar refractivity (Wildman–Crippen MR) is 122 cm³/mol. The van der Waals surface area contributed by atoms with E-state index in [2.05, 4.69) is 57.6 Å². The highest BCUT2D eigenvalue weighted by atomic mass is 32.1. The Morgan fingerprint density at radius 1 is 0.828 bits per heavy atom. The molecule has 150 valence electrons. The number of hydrogen-bond donors (Lipinski definition) is 0. The molecule has 0 saturated carbocycles. The van der Waals surface area contributed by atoms with E-state index in [9.17, 15) is 4.79 Å². The van der Waals surface area contributed by atoms with Gasteiger partial charge in [-0.25, -0.2) is 0 Å². The Hall–Kier alpha value is -2.37. The van der Waals surface area contributed by atoms with Crippen molar-refractivity contribution in [2.24, 2.45) is 0 Å². The lowest BCUT2D eigenvalue weighted by atomic mass is 10.0. The van der Waals surface area contributed by atoms with Gasteiger partial charge < -0.3 is 9.80 Å². The van der Waals surface area contributed by atoms with Gasteiger partial charge in [-0.3, -0.25) is 9.69 Å². The second kappa shape index (κ2) is 8.17. The first-order chi connectivity index (χ1) is 14.3. The van der Waals surface area contributed by atoms with Crippen molar-refractivity contribution in [3.05, 3.63) is 59.5 Å². The molecule has 2 aromatic carbocycles. The van der Waals surface area contributed by atoms with E-state index in [-0.39, 0.29) is 5.91 Å². The molecule has 1 aromatic heterocycles. The molecular weight excluding hydrogens is 378 g/mol. The van der Waals surface area contributed by atoms with Crippen molar-refractivity contribution < 1.29 is 4.79 Å². The van der Waals surface area contributed by atoms with Gasteiger partial charge in [-0.05, 0) is 54.6 Å². The first-order valence-corrected chi connectivity index (χ1v) is 11.5. The van der Waals surface area contributed by atoms with Crippen molar-refractivity contribution in [2.75, 3.05) is 49.1 Å². The van der Waals surface area contributed by atoms with Gasteiger partial charge in [0, 0.05) is 60.6 Å². The molecule has 4 nitrogen and oxygen atoms in total. The van der Waals surface area contributed by atoms with Crippen molar-refractivity contribution in [3.8, 4) is 0 Å². The number of aryl methyl sites for hydroxylation is 1. The van der Waals surface area contributed by atoms with Crippen LogP contribution in [0.2, 0.25) is 0 Å².